The molecule has 2 aromatic rings. The van der Waals surface area contributed by atoms with Gasteiger partial charge in [-0.15, -0.1) is 0 Å². The Morgan fingerprint density at radius 2 is 1.60 bits per heavy atom. The fourth-order valence-corrected chi connectivity index (χ4v) is 3.23. The summed E-state index contributed by atoms with van der Waals surface area (Å²) in [4.78, 5) is 28.1. The zero-order valence-corrected chi connectivity index (χ0v) is 16.3. The molecular formula is C21H19F3N2O4. The molecule has 9 heteroatoms. The van der Waals surface area contributed by atoms with Gasteiger partial charge in [0.15, 0.2) is 11.6 Å². The molecule has 0 unspecified atom stereocenters. The number of esters is 2. The first-order valence-electron chi connectivity index (χ1n) is 8.93. The molecule has 0 bridgehead atoms. The number of benzene rings is 2. The molecule has 0 fully saturated rings. The van der Waals surface area contributed by atoms with Gasteiger partial charge in [0.25, 0.3) is 0 Å². The number of halogens is 3. The molecular weight excluding hydrogens is 401 g/mol. The van der Waals surface area contributed by atoms with Crippen molar-refractivity contribution in [3.8, 4) is 0 Å². The van der Waals surface area contributed by atoms with Gasteiger partial charge in [-0.25, -0.2) is 22.8 Å². The molecule has 158 valence electrons. The number of anilines is 1. The van der Waals surface area contributed by atoms with Gasteiger partial charge < -0.3 is 14.4 Å². The van der Waals surface area contributed by atoms with E-state index in [0.29, 0.717) is 11.3 Å². The van der Waals surface area contributed by atoms with Gasteiger partial charge >= 0.3 is 11.9 Å². The number of nitrogens with zero attached hydrogens (tertiary/aromatic N) is 2. The first kappa shape index (κ1) is 21.4. The van der Waals surface area contributed by atoms with Crippen LogP contribution < -0.4 is 4.90 Å². The Kier molecular flexibility index (Phi) is 6.41. The fraction of sp³-hybridized carbons (Fsp3) is 0.238. The highest BCUT2D eigenvalue weighted by Crippen LogP contribution is 2.29. The van der Waals surface area contributed by atoms with Crippen LogP contribution in [0, 0.1) is 17.5 Å². The van der Waals surface area contributed by atoms with Crippen LogP contribution >= 0.6 is 0 Å². The van der Waals surface area contributed by atoms with Crippen LogP contribution in [0.15, 0.2) is 53.7 Å². The van der Waals surface area contributed by atoms with Crippen molar-refractivity contribution in [3.05, 3.63) is 76.7 Å². The topological polar surface area (TPSA) is 59.1 Å². The van der Waals surface area contributed by atoms with Crippen molar-refractivity contribution >= 4 is 17.6 Å². The minimum absolute atomic E-state index is 0.00773. The second kappa shape index (κ2) is 9.00. The number of hydrogen-bond acceptors (Lipinski definition) is 6. The van der Waals surface area contributed by atoms with Gasteiger partial charge in [-0.3, -0.25) is 4.90 Å². The molecule has 1 aliphatic heterocycles. The summed E-state index contributed by atoms with van der Waals surface area (Å²) in [5, 5.41) is 0. The van der Waals surface area contributed by atoms with E-state index in [-0.39, 0.29) is 31.0 Å². The van der Waals surface area contributed by atoms with E-state index in [1.165, 1.54) is 49.5 Å². The highest BCUT2D eigenvalue weighted by atomic mass is 19.2. The lowest BCUT2D eigenvalue weighted by Gasteiger charge is -2.38. The third-order valence-electron chi connectivity index (χ3n) is 4.62. The molecule has 0 N–H and O–H groups in total. The van der Waals surface area contributed by atoms with E-state index in [1.54, 1.807) is 4.90 Å². The Bertz CT molecular complexity index is 992. The number of hydrogen-bond donors (Lipinski definition) is 0. The summed E-state index contributed by atoms with van der Waals surface area (Å²) in [6.07, 6.45) is 0. The Morgan fingerprint density at radius 1 is 0.933 bits per heavy atom. The lowest BCUT2D eigenvalue weighted by molar-refractivity contribution is -0.140. The van der Waals surface area contributed by atoms with Crippen molar-refractivity contribution in [3.63, 3.8) is 0 Å². The largest absolute Gasteiger partial charge is 0.466 e. The van der Waals surface area contributed by atoms with Crippen LogP contribution in [0.1, 0.15) is 5.56 Å². The summed E-state index contributed by atoms with van der Waals surface area (Å²) in [5.74, 6) is -3.91. The van der Waals surface area contributed by atoms with Crippen LogP contribution in [0.5, 0.6) is 0 Å². The van der Waals surface area contributed by atoms with Gasteiger partial charge in [0, 0.05) is 18.8 Å². The number of carbonyl (C=O) groups excluding carboxylic acids is 2. The molecule has 0 saturated heterocycles. The third-order valence-corrected chi connectivity index (χ3v) is 4.62. The maximum absolute atomic E-state index is 13.6. The lowest BCUT2D eigenvalue weighted by Crippen LogP contribution is -2.47. The number of ether oxygens (including phenoxy) is 2. The first-order valence-corrected chi connectivity index (χ1v) is 8.93. The SMILES string of the molecule is COC(=O)C1=C(C(=O)OC)N(c2ccc(F)cc2)CN(Cc2ccc(F)c(F)c2)C1. The van der Waals surface area contributed by atoms with E-state index in [9.17, 15) is 22.8 Å². The molecule has 0 saturated carbocycles. The normalized spacial score (nSPS) is 14.6. The predicted molar refractivity (Wildman–Crippen MR) is 102 cm³/mol. The van der Waals surface area contributed by atoms with Crippen LogP contribution in [0.3, 0.4) is 0 Å². The van der Waals surface area contributed by atoms with Gasteiger partial charge in [-0.2, -0.15) is 0 Å². The van der Waals surface area contributed by atoms with Gasteiger partial charge in [-0.05, 0) is 42.0 Å². The summed E-state index contributed by atoms with van der Waals surface area (Å²) in [6.45, 7) is 0.271. The molecule has 2 aromatic carbocycles. The van der Waals surface area contributed by atoms with E-state index in [1.807, 2.05) is 0 Å². The molecule has 0 atom stereocenters. The molecule has 3 rings (SSSR count). The molecule has 0 aliphatic carbocycles. The highest BCUT2D eigenvalue weighted by molar-refractivity contribution is 6.03. The standard InChI is InChI=1S/C21H19F3N2O4/c1-29-20(27)16-11-25(10-13-3-8-17(23)18(24)9-13)12-26(19(16)21(28)30-2)15-6-4-14(22)5-7-15/h3-9H,10-12H2,1-2H3. The monoisotopic (exact) mass is 420 g/mol. The van der Waals surface area contributed by atoms with Crippen molar-refractivity contribution in [2.45, 2.75) is 6.54 Å². The summed E-state index contributed by atoms with van der Waals surface area (Å²) in [5.41, 5.74) is 0.909. The summed E-state index contributed by atoms with van der Waals surface area (Å²) >= 11 is 0. The van der Waals surface area contributed by atoms with Gasteiger partial charge in [-0.1, -0.05) is 6.07 Å². The van der Waals surface area contributed by atoms with Crippen LogP contribution in [0.25, 0.3) is 0 Å². The van der Waals surface area contributed by atoms with Crippen LogP contribution in [0.4, 0.5) is 18.9 Å². The number of carbonyl (C=O) groups is 2. The second-order valence-electron chi connectivity index (χ2n) is 6.59. The number of methoxy groups -OCH3 is 2. The Balaban J connectivity index is 2.03. The van der Waals surface area contributed by atoms with E-state index < -0.39 is 29.4 Å². The molecule has 0 radical (unpaired) electrons. The molecule has 0 amide bonds. The molecule has 1 aliphatic rings. The highest BCUT2D eigenvalue weighted by Gasteiger charge is 2.35. The lowest BCUT2D eigenvalue weighted by atomic mass is 10.1. The van der Waals surface area contributed by atoms with E-state index >= 15 is 0 Å². The van der Waals surface area contributed by atoms with Crippen molar-refractivity contribution in [2.24, 2.45) is 0 Å². The zero-order valence-electron chi connectivity index (χ0n) is 16.3. The van der Waals surface area contributed by atoms with Crippen LogP contribution in [-0.4, -0.2) is 44.3 Å². The summed E-state index contributed by atoms with van der Waals surface area (Å²) in [6, 6.07) is 8.85. The van der Waals surface area contributed by atoms with Crippen LogP contribution in [-0.2, 0) is 25.6 Å². The van der Waals surface area contributed by atoms with E-state index in [0.717, 1.165) is 12.1 Å². The Morgan fingerprint density at radius 3 is 2.20 bits per heavy atom. The minimum Gasteiger partial charge on any atom is -0.466 e. The molecule has 30 heavy (non-hydrogen) atoms. The molecule has 1 heterocycles. The maximum atomic E-state index is 13.6. The quantitative estimate of drug-likeness (QED) is 0.694. The summed E-state index contributed by atoms with van der Waals surface area (Å²) in [7, 11) is 2.36. The third kappa shape index (κ3) is 4.46. The minimum atomic E-state index is -0.987. The Labute approximate surface area is 171 Å². The van der Waals surface area contributed by atoms with E-state index in [2.05, 4.69) is 0 Å². The van der Waals surface area contributed by atoms with Crippen molar-refractivity contribution in [2.75, 3.05) is 32.3 Å². The smallest absolute Gasteiger partial charge is 0.355 e. The first-order chi connectivity index (χ1) is 14.3. The molecule has 6 nitrogen and oxygen atoms in total. The van der Waals surface area contributed by atoms with Gasteiger partial charge in [0.1, 0.15) is 11.5 Å². The van der Waals surface area contributed by atoms with Crippen molar-refractivity contribution in [1.29, 1.82) is 0 Å². The summed E-state index contributed by atoms with van der Waals surface area (Å²) < 4.78 is 49.9. The van der Waals surface area contributed by atoms with Gasteiger partial charge in [0.2, 0.25) is 0 Å². The average Bonchev–Trinajstić information content (AvgIpc) is 2.75. The van der Waals surface area contributed by atoms with Crippen molar-refractivity contribution in [1.82, 2.24) is 4.90 Å². The zero-order chi connectivity index (χ0) is 21.8. The second-order valence-corrected chi connectivity index (χ2v) is 6.59. The predicted octanol–water partition coefficient (Wildman–Crippen LogP) is 2.98. The average molecular weight is 420 g/mol. The maximum Gasteiger partial charge on any atom is 0.355 e. The molecule has 0 spiro atoms. The van der Waals surface area contributed by atoms with Crippen LogP contribution in [0.2, 0.25) is 0 Å². The van der Waals surface area contributed by atoms with Gasteiger partial charge in [0.05, 0.1) is 26.5 Å². The van der Waals surface area contributed by atoms with E-state index in [4.69, 9.17) is 9.47 Å². The van der Waals surface area contributed by atoms with Crippen molar-refractivity contribution < 1.29 is 32.2 Å². The fourth-order valence-electron chi connectivity index (χ4n) is 3.23. The number of rotatable bonds is 5. The molecule has 0 aromatic heterocycles. The Hall–Kier alpha value is -3.33.